The third-order valence-corrected chi connectivity index (χ3v) is 1.63. The first kappa shape index (κ1) is 8.02. The van der Waals surface area contributed by atoms with Crippen LogP contribution in [0.5, 0.6) is 0 Å². The predicted molar refractivity (Wildman–Crippen MR) is 40.7 cm³/mol. The van der Waals surface area contributed by atoms with Crippen molar-refractivity contribution in [2.45, 2.75) is 39.8 Å². The van der Waals surface area contributed by atoms with Gasteiger partial charge in [0.1, 0.15) is 0 Å². The molecule has 0 aromatic carbocycles. The number of hydrogen-bond donors (Lipinski definition) is 0. The summed E-state index contributed by atoms with van der Waals surface area (Å²) in [5.41, 5.74) is 0. The Bertz CT molecular complexity index is 53.5. The molecule has 0 saturated heterocycles. The van der Waals surface area contributed by atoms with Crippen molar-refractivity contribution in [1.29, 1.82) is 0 Å². The van der Waals surface area contributed by atoms with E-state index in [1.165, 1.54) is 0 Å². The normalized spacial score (nSPS) is 11.9. The minimum atomic E-state index is 0.676. The summed E-state index contributed by atoms with van der Waals surface area (Å²) >= 11 is 0. The van der Waals surface area contributed by atoms with Gasteiger partial charge in [-0.2, -0.15) is 0 Å². The van der Waals surface area contributed by atoms with Crippen molar-refractivity contribution in [3.05, 3.63) is 0 Å². The number of nitrogens with zero attached hydrogens (tertiary/aromatic N) is 1. The van der Waals surface area contributed by atoms with Gasteiger partial charge in [0, 0.05) is 0 Å². The summed E-state index contributed by atoms with van der Waals surface area (Å²) in [7, 11) is 2.15. The fraction of sp³-hybridized carbons (Fsp3) is 1.00. The Kier molecular flexibility index (Phi) is 3.14. The van der Waals surface area contributed by atoms with Gasteiger partial charge in [0.2, 0.25) is 0 Å². The van der Waals surface area contributed by atoms with Crippen LogP contribution in [0, 0.1) is 0 Å². The predicted octanol–water partition coefficient (Wildman–Crippen LogP) is 0.653. The molecule has 0 heterocycles. The maximum Gasteiger partial charge on any atom is 0.186 e. The van der Waals surface area contributed by atoms with Crippen LogP contribution in [0.2, 0.25) is 0 Å². The summed E-state index contributed by atoms with van der Waals surface area (Å²) in [5, 5.41) is 0. The van der Waals surface area contributed by atoms with Crippen molar-refractivity contribution in [3.8, 4) is 0 Å². The maximum absolute atomic E-state index is 2.33. The van der Waals surface area contributed by atoms with E-state index in [0.717, 1.165) is 0 Å². The molecule has 0 saturated carbocycles. The van der Waals surface area contributed by atoms with Gasteiger partial charge in [-0.15, -0.1) is 0 Å². The fourth-order valence-electron chi connectivity index (χ4n) is 0.596. The SMILES string of the molecule is BN(C(C)C)C(C)C. The summed E-state index contributed by atoms with van der Waals surface area (Å²) < 4.78 is 0. The average molecular weight is 113 g/mol. The highest BCUT2D eigenvalue weighted by Gasteiger charge is 2.04. The third-order valence-electron chi connectivity index (χ3n) is 1.63. The quantitative estimate of drug-likeness (QED) is 0.475. The topological polar surface area (TPSA) is 3.24 Å². The van der Waals surface area contributed by atoms with Gasteiger partial charge in [0.05, 0.1) is 0 Å². The first-order valence-corrected chi connectivity index (χ1v) is 3.27. The summed E-state index contributed by atoms with van der Waals surface area (Å²) in [4.78, 5) is 2.33. The minimum Gasteiger partial charge on any atom is -0.345 e. The first-order chi connectivity index (χ1) is 3.55. The van der Waals surface area contributed by atoms with Crippen LogP contribution in [0.4, 0.5) is 0 Å². The molecule has 0 rings (SSSR count). The van der Waals surface area contributed by atoms with E-state index in [-0.39, 0.29) is 0 Å². The Balaban J connectivity index is 3.46. The van der Waals surface area contributed by atoms with Gasteiger partial charge in [0.15, 0.2) is 7.98 Å². The van der Waals surface area contributed by atoms with Crippen LogP contribution in [-0.4, -0.2) is 24.9 Å². The molecule has 0 aromatic heterocycles. The van der Waals surface area contributed by atoms with E-state index >= 15 is 0 Å². The highest BCUT2D eigenvalue weighted by atomic mass is 15.1. The van der Waals surface area contributed by atoms with Gasteiger partial charge in [-0.1, -0.05) is 27.7 Å². The second kappa shape index (κ2) is 3.13. The maximum atomic E-state index is 2.33. The summed E-state index contributed by atoms with van der Waals surface area (Å²) in [5.74, 6) is 0. The van der Waals surface area contributed by atoms with Crippen LogP contribution in [0.15, 0.2) is 0 Å². The molecule has 0 unspecified atom stereocenters. The van der Waals surface area contributed by atoms with E-state index in [9.17, 15) is 0 Å². The number of hydrogen-bond acceptors (Lipinski definition) is 1. The molecule has 0 N–H and O–H groups in total. The van der Waals surface area contributed by atoms with Gasteiger partial charge in [-0.25, -0.2) is 0 Å². The molecule has 0 aromatic rings. The van der Waals surface area contributed by atoms with E-state index in [1.54, 1.807) is 0 Å². The third kappa shape index (κ3) is 2.36. The molecular weight excluding hydrogens is 96.9 g/mol. The molecule has 0 aliphatic rings. The summed E-state index contributed by atoms with van der Waals surface area (Å²) in [6.07, 6.45) is 0. The standard InChI is InChI=1S/C6H16BN/c1-5(2)8(7)6(3)4/h5-6H,7H2,1-4H3. The van der Waals surface area contributed by atoms with Gasteiger partial charge < -0.3 is 4.81 Å². The van der Waals surface area contributed by atoms with Gasteiger partial charge in [-0.3, -0.25) is 0 Å². The van der Waals surface area contributed by atoms with Crippen molar-refractivity contribution in [2.75, 3.05) is 0 Å². The average Bonchev–Trinajstić information content (AvgIpc) is 1.64. The van der Waals surface area contributed by atoms with Crippen molar-refractivity contribution in [1.82, 2.24) is 4.81 Å². The zero-order valence-electron chi connectivity index (χ0n) is 6.60. The molecule has 0 aliphatic heterocycles. The Hall–Kier alpha value is 0.0249. The Morgan fingerprint density at radius 3 is 1.25 bits per heavy atom. The zero-order valence-corrected chi connectivity index (χ0v) is 6.60. The molecule has 8 heavy (non-hydrogen) atoms. The van der Waals surface area contributed by atoms with E-state index < -0.39 is 0 Å². The lowest BCUT2D eigenvalue weighted by Crippen LogP contribution is -2.34. The molecule has 0 atom stereocenters. The highest BCUT2D eigenvalue weighted by Crippen LogP contribution is 1.97. The second-order valence-electron chi connectivity index (χ2n) is 2.85. The molecule has 0 radical (unpaired) electrons. The van der Waals surface area contributed by atoms with Gasteiger partial charge in [0.25, 0.3) is 0 Å². The van der Waals surface area contributed by atoms with Crippen LogP contribution in [-0.2, 0) is 0 Å². The number of rotatable bonds is 2. The molecule has 1 nitrogen and oxygen atoms in total. The smallest absolute Gasteiger partial charge is 0.186 e. The van der Waals surface area contributed by atoms with E-state index in [0.29, 0.717) is 12.1 Å². The second-order valence-corrected chi connectivity index (χ2v) is 2.85. The van der Waals surface area contributed by atoms with Crippen LogP contribution >= 0.6 is 0 Å². The fourth-order valence-corrected chi connectivity index (χ4v) is 0.596. The minimum absolute atomic E-state index is 0.676. The zero-order chi connectivity index (χ0) is 6.73. The molecule has 0 amide bonds. The summed E-state index contributed by atoms with van der Waals surface area (Å²) in [6, 6.07) is 1.35. The lowest BCUT2D eigenvalue weighted by molar-refractivity contribution is 0.320. The molecule has 0 spiro atoms. The highest BCUT2D eigenvalue weighted by molar-refractivity contribution is 6.04. The van der Waals surface area contributed by atoms with E-state index in [1.807, 2.05) is 0 Å². The molecule has 48 valence electrons. The lowest BCUT2D eigenvalue weighted by Gasteiger charge is -2.25. The van der Waals surface area contributed by atoms with Gasteiger partial charge >= 0.3 is 0 Å². The Morgan fingerprint density at radius 1 is 1.00 bits per heavy atom. The van der Waals surface area contributed by atoms with Crippen LogP contribution in [0.1, 0.15) is 27.7 Å². The van der Waals surface area contributed by atoms with E-state index in [4.69, 9.17) is 0 Å². The van der Waals surface area contributed by atoms with Crippen molar-refractivity contribution in [2.24, 2.45) is 0 Å². The van der Waals surface area contributed by atoms with Crippen LogP contribution in [0.3, 0.4) is 0 Å². The van der Waals surface area contributed by atoms with Crippen molar-refractivity contribution >= 4 is 7.98 Å². The van der Waals surface area contributed by atoms with Crippen molar-refractivity contribution < 1.29 is 0 Å². The molecular formula is C6H16BN. The van der Waals surface area contributed by atoms with Crippen LogP contribution < -0.4 is 0 Å². The van der Waals surface area contributed by atoms with Crippen molar-refractivity contribution in [3.63, 3.8) is 0 Å². The first-order valence-electron chi connectivity index (χ1n) is 3.27. The largest absolute Gasteiger partial charge is 0.345 e. The molecule has 0 fully saturated rings. The van der Waals surface area contributed by atoms with E-state index in [2.05, 4.69) is 40.5 Å². The van der Waals surface area contributed by atoms with Crippen LogP contribution in [0.25, 0.3) is 0 Å². The molecule has 2 heteroatoms. The molecule has 0 bridgehead atoms. The monoisotopic (exact) mass is 113 g/mol. The molecule has 0 aliphatic carbocycles. The van der Waals surface area contributed by atoms with Gasteiger partial charge in [-0.05, 0) is 12.1 Å². The summed E-state index contributed by atoms with van der Waals surface area (Å²) in [6.45, 7) is 8.83. The lowest BCUT2D eigenvalue weighted by atomic mass is 10.1. The Morgan fingerprint density at radius 2 is 1.25 bits per heavy atom. The Labute approximate surface area is 53.5 Å².